The van der Waals surface area contributed by atoms with Gasteiger partial charge in [-0.25, -0.2) is 4.68 Å². The summed E-state index contributed by atoms with van der Waals surface area (Å²) in [5.41, 5.74) is -0.0733. The van der Waals surface area contributed by atoms with E-state index in [4.69, 9.17) is 0 Å². The smallest absolute Gasteiger partial charge is 0.200 e. The average Bonchev–Trinajstić information content (AvgIpc) is 2.87. The van der Waals surface area contributed by atoms with E-state index in [1.807, 2.05) is 32.0 Å². The second-order valence-corrected chi connectivity index (χ2v) is 4.31. The van der Waals surface area contributed by atoms with E-state index in [0.717, 1.165) is 0 Å². The van der Waals surface area contributed by atoms with Gasteiger partial charge in [-0.3, -0.25) is 4.98 Å². The summed E-state index contributed by atoms with van der Waals surface area (Å²) in [4.78, 5) is 4.22. The molecule has 18 heavy (non-hydrogen) atoms. The number of aliphatic hydroxyl groups is 1. The zero-order valence-corrected chi connectivity index (χ0v) is 10.6. The number of tetrazole rings is 1. The molecule has 0 amide bonds. The van der Waals surface area contributed by atoms with Gasteiger partial charge in [0.05, 0.1) is 12.1 Å². The number of pyridine rings is 1. The number of aromatic nitrogens is 5. The van der Waals surface area contributed by atoms with E-state index in [0.29, 0.717) is 30.9 Å². The lowest BCUT2D eigenvalue weighted by molar-refractivity contribution is 0.0118. The Kier molecular flexibility index (Phi) is 3.66. The summed E-state index contributed by atoms with van der Waals surface area (Å²) < 4.78 is 1.61. The van der Waals surface area contributed by atoms with E-state index in [1.165, 1.54) is 0 Å². The van der Waals surface area contributed by atoms with Crippen molar-refractivity contribution in [2.75, 3.05) is 0 Å². The maximum Gasteiger partial charge on any atom is 0.200 e. The Bertz CT molecular complexity index is 492. The molecule has 0 bridgehead atoms. The van der Waals surface area contributed by atoms with Crippen molar-refractivity contribution in [1.82, 2.24) is 25.2 Å². The zero-order valence-electron chi connectivity index (χ0n) is 10.6. The molecule has 96 valence electrons. The van der Waals surface area contributed by atoms with Crippen molar-refractivity contribution in [3.8, 4) is 11.5 Å². The van der Waals surface area contributed by atoms with E-state index in [2.05, 4.69) is 20.5 Å². The van der Waals surface area contributed by atoms with E-state index in [-0.39, 0.29) is 0 Å². The van der Waals surface area contributed by atoms with E-state index in [9.17, 15) is 5.11 Å². The average molecular weight is 247 g/mol. The Morgan fingerprint density at radius 3 is 2.67 bits per heavy atom. The van der Waals surface area contributed by atoms with Crippen LogP contribution in [0.5, 0.6) is 0 Å². The quantitative estimate of drug-likeness (QED) is 0.861. The van der Waals surface area contributed by atoms with Gasteiger partial charge in [-0.2, -0.15) is 0 Å². The van der Waals surface area contributed by atoms with Crippen molar-refractivity contribution in [1.29, 1.82) is 0 Å². The summed E-state index contributed by atoms with van der Waals surface area (Å²) in [7, 11) is 0. The molecule has 0 aliphatic carbocycles. The molecular formula is C12H17N5O. The maximum absolute atomic E-state index is 10.3. The highest BCUT2D eigenvalue weighted by Gasteiger charge is 2.25. The van der Waals surface area contributed by atoms with Crippen molar-refractivity contribution in [3.05, 3.63) is 24.4 Å². The summed E-state index contributed by atoms with van der Waals surface area (Å²) in [6.45, 7) is 4.28. The predicted molar refractivity (Wildman–Crippen MR) is 66.6 cm³/mol. The SMILES string of the molecule is CCC(O)(CC)Cn1nnnc1-c1ccccn1. The summed E-state index contributed by atoms with van der Waals surface area (Å²) in [5, 5.41) is 21.9. The molecule has 2 rings (SSSR count). The minimum atomic E-state index is -0.779. The first-order chi connectivity index (χ1) is 8.68. The van der Waals surface area contributed by atoms with Gasteiger partial charge in [0.1, 0.15) is 5.69 Å². The largest absolute Gasteiger partial charge is 0.388 e. The number of hydrogen-bond acceptors (Lipinski definition) is 5. The van der Waals surface area contributed by atoms with Gasteiger partial charge in [0.15, 0.2) is 0 Å². The highest BCUT2D eigenvalue weighted by molar-refractivity contribution is 5.47. The highest BCUT2D eigenvalue weighted by atomic mass is 16.3. The molecule has 2 heterocycles. The molecule has 0 saturated carbocycles. The third-order valence-electron chi connectivity index (χ3n) is 3.19. The van der Waals surface area contributed by atoms with E-state index < -0.39 is 5.60 Å². The highest BCUT2D eigenvalue weighted by Crippen LogP contribution is 2.20. The van der Waals surface area contributed by atoms with Crippen molar-refractivity contribution in [3.63, 3.8) is 0 Å². The molecule has 0 saturated heterocycles. The van der Waals surface area contributed by atoms with Gasteiger partial charge in [-0.05, 0) is 35.4 Å². The zero-order chi connectivity index (χ0) is 13.0. The standard InChI is InChI=1S/C12H17N5O/c1-3-12(18,4-2)9-17-11(14-15-16-17)10-7-5-6-8-13-10/h5-8,18H,3-4,9H2,1-2H3. The second kappa shape index (κ2) is 5.22. The summed E-state index contributed by atoms with van der Waals surface area (Å²) in [5.74, 6) is 0.580. The molecule has 2 aromatic rings. The summed E-state index contributed by atoms with van der Waals surface area (Å²) >= 11 is 0. The van der Waals surface area contributed by atoms with Crippen LogP contribution in [0, 0.1) is 0 Å². The van der Waals surface area contributed by atoms with Crippen LogP contribution in [0.25, 0.3) is 11.5 Å². The van der Waals surface area contributed by atoms with Crippen LogP contribution in [0.4, 0.5) is 0 Å². The molecule has 0 aromatic carbocycles. The first kappa shape index (κ1) is 12.6. The molecule has 0 aliphatic rings. The van der Waals surface area contributed by atoms with Crippen LogP contribution in [0.15, 0.2) is 24.4 Å². The third kappa shape index (κ3) is 2.53. The molecule has 0 atom stereocenters. The van der Waals surface area contributed by atoms with Crippen LogP contribution in [-0.4, -0.2) is 35.9 Å². The predicted octanol–water partition coefficient (Wildman–Crippen LogP) is 1.29. The molecule has 1 N–H and O–H groups in total. The molecule has 0 aliphatic heterocycles. The second-order valence-electron chi connectivity index (χ2n) is 4.31. The van der Waals surface area contributed by atoms with Crippen LogP contribution < -0.4 is 0 Å². The lowest BCUT2D eigenvalue weighted by Crippen LogP contribution is -2.33. The normalized spacial score (nSPS) is 11.7. The Morgan fingerprint density at radius 2 is 2.06 bits per heavy atom. The number of rotatable bonds is 5. The Hall–Kier alpha value is -1.82. The summed E-state index contributed by atoms with van der Waals surface area (Å²) in [6, 6.07) is 5.57. The molecule has 0 fully saturated rings. The molecule has 6 nitrogen and oxygen atoms in total. The minimum Gasteiger partial charge on any atom is -0.388 e. The Balaban J connectivity index is 2.29. The first-order valence-corrected chi connectivity index (χ1v) is 6.08. The Labute approximate surface area is 106 Å². The van der Waals surface area contributed by atoms with Gasteiger partial charge in [0.2, 0.25) is 5.82 Å². The number of hydrogen-bond donors (Lipinski definition) is 1. The van der Waals surface area contributed by atoms with Gasteiger partial charge in [-0.15, -0.1) is 5.10 Å². The monoisotopic (exact) mass is 247 g/mol. The molecule has 2 aromatic heterocycles. The molecule has 0 unspecified atom stereocenters. The van der Waals surface area contributed by atoms with Gasteiger partial charge in [0, 0.05) is 6.20 Å². The van der Waals surface area contributed by atoms with Gasteiger partial charge in [-0.1, -0.05) is 19.9 Å². The van der Waals surface area contributed by atoms with Crippen molar-refractivity contribution >= 4 is 0 Å². The molecule has 0 spiro atoms. The van der Waals surface area contributed by atoms with Crippen LogP contribution >= 0.6 is 0 Å². The maximum atomic E-state index is 10.3. The first-order valence-electron chi connectivity index (χ1n) is 6.08. The van der Waals surface area contributed by atoms with Crippen molar-refractivity contribution in [2.24, 2.45) is 0 Å². The fourth-order valence-electron chi connectivity index (χ4n) is 1.74. The van der Waals surface area contributed by atoms with Crippen LogP contribution in [0.3, 0.4) is 0 Å². The molecule has 0 radical (unpaired) electrons. The fourth-order valence-corrected chi connectivity index (χ4v) is 1.74. The minimum absolute atomic E-state index is 0.374. The van der Waals surface area contributed by atoms with Gasteiger partial charge < -0.3 is 5.11 Å². The lowest BCUT2D eigenvalue weighted by Gasteiger charge is -2.24. The lowest BCUT2D eigenvalue weighted by atomic mass is 9.98. The van der Waals surface area contributed by atoms with Crippen LogP contribution in [0.1, 0.15) is 26.7 Å². The van der Waals surface area contributed by atoms with Gasteiger partial charge in [0.25, 0.3) is 0 Å². The van der Waals surface area contributed by atoms with Crippen LogP contribution in [0.2, 0.25) is 0 Å². The van der Waals surface area contributed by atoms with Crippen LogP contribution in [-0.2, 0) is 6.54 Å². The summed E-state index contributed by atoms with van der Waals surface area (Å²) in [6.07, 6.45) is 3.01. The fraction of sp³-hybridized carbons (Fsp3) is 0.500. The van der Waals surface area contributed by atoms with Crippen molar-refractivity contribution < 1.29 is 5.11 Å². The third-order valence-corrected chi connectivity index (χ3v) is 3.19. The Morgan fingerprint density at radius 1 is 1.28 bits per heavy atom. The number of nitrogens with zero attached hydrogens (tertiary/aromatic N) is 5. The molecular weight excluding hydrogens is 230 g/mol. The topological polar surface area (TPSA) is 76.7 Å². The van der Waals surface area contributed by atoms with E-state index >= 15 is 0 Å². The molecule has 6 heteroatoms. The van der Waals surface area contributed by atoms with Gasteiger partial charge >= 0.3 is 0 Å². The van der Waals surface area contributed by atoms with E-state index in [1.54, 1.807) is 10.9 Å². The van der Waals surface area contributed by atoms with Crippen molar-refractivity contribution in [2.45, 2.75) is 38.8 Å².